The molecule has 202 valence electrons. The minimum Gasteiger partial charge on any atom is -0.354 e. The average Bonchev–Trinajstić information content (AvgIpc) is 2.89. The molecule has 1 N–H and O–H groups in total. The summed E-state index contributed by atoms with van der Waals surface area (Å²) in [6.45, 7) is 9.68. The number of halogens is 1. The molecular formula is C33H41BrN2O2. The van der Waals surface area contributed by atoms with Gasteiger partial charge in [0.25, 0.3) is 0 Å². The summed E-state index contributed by atoms with van der Waals surface area (Å²) in [7, 11) is 0. The van der Waals surface area contributed by atoms with E-state index in [1.165, 1.54) is 5.56 Å². The van der Waals surface area contributed by atoms with Gasteiger partial charge in [-0.05, 0) is 52.6 Å². The molecule has 4 nitrogen and oxygen atoms in total. The van der Waals surface area contributed by atoms with Crippen molar-refractivity contribution in [2.24, 2.45) is 0 Å². The molecule has 0 aliphatic heterocycles. The fraction of sp³-hybridized carbons (Fsp3) is 0.394. The Morgan fingerprint density at radius 3 is 2.21 bits per heavy atom. The second kappa shape index (κ2) is 14.3. The molecule has 0 saturated carbocycles. The zero-order valence-corrected chi connectivity index (χ0v) is 24.8. The Morgan fingerprint density at radius 1 is 0.895 bits per heavy atom. The fourth-order valence-corrected chi connectivity index (χ4v) is 4.91. The van der Waals surface area contributed by atoms with E-state index in [0.29, 0.717) is 32.4 Å². The first-order valence-corrected chi connectivity index (χ1v) is 14.4. The predicted octanol–water partition coefficient (Wildman–Crippen LogP) is 7.24. The van der Waals surface area contributed by atoms with Crippen LogP contribution in [0, 0.1) is 0 Å². The molecule has 0 radical (unpaired) electrons. The van der Waals surface area contributed by atoms with E-state index in [2.05, 4.69) is 73.2 Å². The van der Waals surface area contributed by atoms with E-state index in [-0.39, 0.29) is 17.2 Å². The molecule has 1 atom stereocenters. The van der Waals surface area contributed by atoms with Gasteiger partial charge in [0.1, 0.15) is 6.04 Å². The lowest BCUT2D eigenvalue weighted by atomic mass is 9.86. The number of rotatable bonds is 12. The van der Waals surface area contributed by atoms with Crippen molar-refractivity contribution < 1.29 is 9.59 Å². The van der Waals surface area contributed by atoms with Gasteiger partial charge in [-0.1, -0.05) is 117 Å². The molecule has 0 spiro atoms. The smallest absolute Gasteiger partial charge is 0.243 e. The molecule has 0 saturated heterocycles. The van der Waals surface area contributed by atoms with Crippen LogP contribution in [-0.2, 0) is 34.4 Å². The molecule has 3 aromatic carbocycles. The van der Waals surface area contributed by atoms with Gasteiger partial charge in [0.05, 0.1) is 0 Å². The van der Waals surface area contributed by atoms with Gasteiger partial charge in [-0.15, -0.1) is 0 Å². The first-order valence-electron chi connectivity index (χ1n) is 13.6. The number of nitrogens with zero attached hydrogens (tertiary/aromatic N) is 1. The van der Waals surface area contributed by atoms with Gasteiger partial charge in [-0.2, -0.15) is 0 Å². The van der Waals surface area contributed by atoms with E-state index < -0.39 is 6.04 Å². The summed E-state index contributed by atoms with van der Waals surface area (Å²) in [5, 5.41) is 3.09. The number of benzene rings is 3. The van der Waals surface area contributed by atoms with Crippen LogP contribution < -0.4 is 5.32 Å². The summed E-state index contributed by atoms with van der Waals surface area (Å²) in [4.78, 5) is 29.1. The minimum atomic E-state index is -0.594. The van der Waals surface area contributed by atoms with Crippen LogP contribution in [0.25, 0.3) is 0 Å². The molecular weight excluding hydrogens is 536 g/mol. The molecule has 1 unspecified atom stereocenters. The Balaban J connectivity index is 1.86. The monoisotopic (exact) mass is 576 g/mol. The Labute approximate surface area is 237 Å². The summed E-state index contributed by atoms with van der Waals surface area (Å²) in [5.74, 6) is -0.114. The van der Waals surface area contributed by atoms with Crippen LogP contribution >= 0.6 is 15.9 Å². The van der Waals surface area contributed by atoms with E-state index in [4.69, 9.17) is 0 Å². The molecule has 0 aliphatic carbocycles. The largest absolute Gasteiger partial charge is 0.354 e. The number of carbonyl (C=O) groups is 2. The van der Waals surface area contributed by atoms with Crippen LogP contribution in [0.2, 0.25) is 0 Å². The highest BCUT2D eigenvalue weighted by Gasteiger charge is 2.30. The maximum absolute atomic E-state index is 13.8. The Morgan fingerprint density at radius 2 is 1.58 bits per heavy atom. The number of amides is 2. The molecule has 2 amide bonds. The lowest BCUT2D eigenvalue weighted by Gasteiger charge is -2.32. The third-order valence-corrected chi connectivity index (χ3v) is 7.28. The molecule has 0 bridgehead atoms. The van der Waals surface area contributed by atoms with Gasteiger partial charge in [0, 0.05) is 30.4 Å². The Kier molecular flexibility index (Phi) is 11.1. The van der Waals surface area contributed by atoms with E-state index in [9.17, 15) is 9.59 Å². The summed E-state index contributed by atoms with van der Waals surface area (Å²) in [6.07, 6.45) is 3.36. The SMILES string of the molecule is CCCCNC(=O)C(Cc1ccccc1)N(Cc1cccc(Br)c1)C(=O)CCc1ccc(C(C)(C)C)cc1. The number of carbonyl (C=O) groups excluding carboxylic acids is 2. The molecule has 0 fully saturated rings. The highest BCUT2D eigenvalue weighted by molar-refractivity contribution is 9.10. The predicted molar refractivity (Wildman–Crippen MR) is 160 cm³/mol. The summed E-state index contributed by atoms with van der Waals surface area (Å²) >= 11 is 3.55. The second-order valence-electron chi connectivity index (χ2n) is 10.9. The van der Waals surface area contributed by atoms with Crippen molar-refractivity contribution in [3.8, 4) is 0 Å². The van der Waals surface area contributed by atoms with Crippen LogP contribution in [0.15, 0.2) is 83.3 Å². The average molecular weight is 578 g/mol. The molecule has 0 aliphatic rings. The molecule has 3 rings (SSSR count). The van der Waals surface area contributed by atoms with Crippen molar-refractivity contribution in [3.63, 3.8) is 0 Å². The molecule has 0 heterocycles. The van der Waals surface area contributed by atoms with Crippen molar-refractivity contribution in [2.45, 2.75) is 77.8 Å². The Hall–Kier alpha value is -2.92. The van der Waals surface area contributed by atoms with Gasteiger partial charge >= 0.3 is 0 Å². The zero-order chi connectivity index (χ0) is 27.5. The van der Waals surface area contributed by atoms with Crippen LogP contribution in [0.3, 0.4) is 0 Å². The Bertz CT molecular complexity index is 1170. The van der Waals surface area contributed by atoms with E-state index in [0.717, 1.165) is 34.0 Å². The minimum absolute atomic E-state index is 0.0172. The quantitative estimate of drug-likeness (QED) is 0.231. The number of unbranched alkanes of at least 4 members (excludes halogenated alkanes) is 1. The first-order chi connectivity index (χ1) is 18.2. The topological polar surface area (TPSA) is 49.4 Å². The third kappa shape index (κ3) is 9.13. The first kappa shape index (κ1) is 29.6. The molecule has 5 heteroatoms. The second-order valence-corrected chi connectivity index (χ2v) is 11.9. The zero-order valence-electron chi connectivity index (χ0n) is 23.2. The van der Waals surface area contributed by atoms with Gasteiger partial charge in [0.2, 0.25) is 11.8 Å². The highest BCUT2D eigenvalue weighted by Crippen LogP contribution is 2.23. The fourth-order valence-electron chi connectivity index (χ4n) is 4.46. The standard InChI is InChI=1S/C33H41BrN2O2/c1-5-6-21-35-32(38)30(23-26-11-8-7-9-12-26)36(24-27-13-10-14-29(34)22-27)31(37)20-17-25-15-18-28(19-16-25)33(2,3)4/h7-16,18-19,22,30H,5-6,17,20-21,23-24H2,1-4H3,(H,35,38). The molecule has 0 aromatic heterocycles. The maximum atomic E-state index is 13.8. The lowest BCUT2D eigenvalue weighted by Crippen LogP contribution is -2.50. The normalized spacial score (nSPS) is 12.1. The number of hydrogen-bond donors (Lipinski definition) is 1. The van der Waals surface area contributed by atoms with E-state index in [1.54, 1.807) is 4.90 Å². The van der Waals surface area contributed by atoms with Gasteiger partial charge in [-0.3, -0.25) is 9.59 Å². The van der Waals surface area contributed by atoms with Crippen LogP contribution in [0.5, 0.6) is 0 Å². The van der Waals surface area contributed by atoms with Crippen molar-refractivity contribution >= 4 is 27.7 Å². The van der Waals surface area contributed by atoms with Gasteiger partial charge in [0.15, 0.2) is 0 Å². The van der Waals surface area contributed by atoms with Crippen LogP contribution in [0.1, 0.15) is 69.2 Å². The number of hydrogen-bond acceptors (Lipinski definition) is 2. The maximum Gasteiger partial charge on any atom is 0.243 e. The van der Waals surface area contributed by atoms with Gasteiger partial charge in [-0.25, -0.2) is 0 Å². The number of nitrogens with one attached hydrogen (secondary N) is 1. The van der Waals surface area contributed by atoms with Crippen molar-refractivity contribution in [3.05, 3.63) is 106 Å². The molecule has 38 heavy (non-hydrogen) atoms. The summed E-state index contributed by atoms with van der Waals surface area (Å²) in [5.41, 5.74) is 4.51. The van der Waals surface area contributed by atoms with E-state index in [1.807, 2.05) is 54.6 Å². The van der Waals surface area contributed by atoms with Crippen LogP contribution in [0.4, 0.5) is 0 Å². The lowest BCUT2D eigenvalue weighted by molar-refractivity contribution is -0.141. The number of aryl methyl sites for hydroxylation is 1. The van der Waals surface area contributed by atoms with Gasteiger partial charge < -0.3 is 10.2 Å². The highest BCUT2D eigenvalue weighted by atomic mass is 79.9. The van der Waals surface area contributed by atoms with E-state index >= 15 is 0 Å². The summed E-state index contributed by atoms with van der Waals surface area (Å²) < 4.78 is 0.952. The van der Waals surface area contributed by atoms with Crippen molar-refractivity contribution in [2.75, 3.05) is 6.54 Å². The third-order valence-electron chi connectivity index (χ3n) is 6.79. The van der Waals surface area contributed by atoms with Crippen molar-refractivity contribution in [1.29, 1.82) is 0 Å². The summed E-state index contributed by atoms with van der Waals surface area (Å²) in [6, 6.07) is 25.8. The molecule has 3 aromatic rings. The van der Waals surface area contributed by atoms with Crippen molar-refractivity contribution in [1.82, 2.24) is 10.2 Å². The van der Waals surface area contributed by atoms with Crippen LogP contribution in [-0.4, -0.2) is 29.3 Å².